The highest BCUT2D eigenvalue weighted by Gasteiger charge is 2.45. The molecule has 0 bridgehead atoms. The van der Waals surface area contributed by atoms with Crippen LogP contribution in [0.25, 0.3) is 0 Å². The van der Waals surface area contributed by atoms with Gasteiger partial charge in [-0.1, -0.05) is 18.0 Å². The first-order valence-corrected chi connectivity index (χ1v) is 7.43. The minimum Gasteiger partial charge on any atom is -0.480 e. The smallest absolute Gasteiger partial charge is 0.326 e. The number of carbonyl (C=O) groups is 2. The van der Waals surface area contributed by atoms with E-state index in [1.165, 1.54) is 4.90 Å². The maximum Gasteiger partial charge on any atom is 0.326 e. The second-order valence-corrected chi connectivity index (χ2v) is 5.89. The molecule has 0 aromatic carbocycles. The van der Waals surface area contributed by atoms with Crippen molar-refractivity contribution >= 4 is 11.9 Å². The quantitative estimate of drug-likeness (QED) is 0.890. The average Bonchev–Trinajstić information content (AvgIpc) is 2.91. The highest BCUT2D eigenvalue weighted by molar-refractivity contribution is 5.93. The fourth-order valence-electron chi connectivity index (χ4n) is 3.67. The van der Waals surface area contributed by atoms with Gasteiger partial charge in [0.2, 0.25) is 5.89 Å². The highest BCUT2D eigenvalue weighted by Crippen LogP contribution is 2.38. The standard InChI is InChI=1S/C14H19N3O4/c1-8-15-12(16-21-8)13(18)17-10-5-3-2-4-9(10)6-7-11(17)14(19)20/h9-11H,2-7H2,1H3,(H,19,20). The van der Waals surface area contributed by atoms with E-state index in [9.17, 15) is 14.7 Å². The molecule has 1 amide bonds. The second kappa shape index (κ2) is 5.46. The molecule has 21 heavy (non-hydrogen) atoms. The number of nitrogens with zero attached hydrogens (tertiary/aromatic N) is 3. The molecule has 2 heterocycles. The molecule has 3 atom stereocenters. The highest BCUT2D eigenvalue weighted by atomic mass is 16.5. The summed E-state index contributed by atoms with van der Waals surface area (Å²) in [5, 5.41) is 13.1. The summed E-state index contributed by atoms with van der Waals surface area (Å²) in [5.41, 5.74) is 0. The number of hydrogen-bond donors (Lipinski definition) is 1. The Hall–Kier alpha value is -1.92. The van der Waals surface area contributed by atoms with Gasteiger partial charge < -0.3 is 14.5 Å². The van der Waals surface area contributed by atoms with Gasteiger partial charge in [-0.15, -0.1) is 0 Å². The van der Waals surface area contributed by atoms with Crippen LogP contribution in [0.1, 0.15) is 55.0 Å². The molecule has 1 saturated heterocycles. The summed E-state index contributed by atoms with van der Waals surface area (Å²) in [4.78, 5) is 29.6. The number of rotatable bonds is 2. The maximum absolute atomic E-state index is 12.7. The Balaban J connectivity index is 1.92. The summed E-state index contributed by atoms with van der Waals surface area (Å²) < 4.78 is 4.85. The number of carbonyl (C=O) groups excluding carboxylic acids is 1. The van der Waals surface area contributed by atoms with Crippen molar-refractivity contribution in [3.63, 3.8) is 0 Å². The van der Waals surface area contributed by atoms with Gasteiger partial charge >= 0.3 is 5.97 Å². The number of aliphatic carboxylic acids is 1. The first-order chi connectivity index (χ1) is 10.1. The van der Waals surface area contributed by atoms with E-state index in [0.717, 1.165) is 32.1 Å². The molecule has 1 N–H and O–H groups in total. The Morgan fingerprint density at radius 1 is 1.24 bits per heavy atom. The maximum atomic E-state index is 12.7. The first-order valence-electron chi connectivity index (χ1n) is 7.43. The molecule has 1 aliphatic carbocycles. The van der Waals surface area contributed by atoms with Gasteiger partial charge in [0.25, 0.3) is 11.7 Å². The number of carboxylic acid groups (broad SMARTS) is 1. The van der Waals surface area contributed by atoms with E-state index in [0.29, 0.717) is 18.2 Å². The van der Waals surface area contributed by atoms with Crippen LogP contribution in [-0.2, 0) is 4.79 Å². The summed E-state index contributed by atoms with van der Waals surface area (Å²) in [5.74, 6) is -0.706. The molecule has 2 fully saturated rings. The number of amides is 1. The van der Waals surface area contributed by atoms with Crippen molar-refractivity contribution in [1.29, 1.82) is 0 Å². The Morgan fingerprint density at radius 3 is 2.67 bits per heavy atom. The lowest BCUT2D eigenvalue weighted by atomic mass is 9.76. The molecule has 0 radical (unpaired) electrons. The predicted molar refractivity (Wildman–Crippen MR) is 71.6 cm³/mol. The fraction of sp³-hybridized carbons (Fsp3) is 0.714. The molecule has 114 valence electrons. The molecule has 1 aromatic rings. The molecule has 3 rings (SSSR count). The van der Waals surface area contributed by atoms with Gasteiger partial charge in [-0.2, -0.15) is 4.98 Å². The average molecular weight is 293 g/mol. The third-order valence-corrected chi connectivity index (χ3v) is 4.61. The molecule has 1 aliphatic heterocycles. The fourth-order valence-corrected chi connectivity index (χ4v) is 3.67. The van der Waals surface area contributed by atoms with E-state index >= 15 is 0 Å². The predicted octanol–water partition coefficient (Wildman–Crippen LogP) is 1.63. The second-order valence-electron chi connectivity index (χ2n) is 5.89. The Morgan fingerprint density at radius 2 is 2.00 bits per heavy atom. The minimum absolute atomic E-state index is 0.0140. The molecule has 3 unspecified atom stereocenters. The molecule has 1 saturated carbocycles. The zero-order valence-electron chi connectivity index (χ0n) is 12.0. The molecule has 0 spiro atoms. The topological polar surface area (TPSA) is 96.5 Å². The summed E-state index contributed by atoms with van der Waals surface area (Å²) >= 11 is 0. The summed E-state index contributed by atoms with van der Waals surface area (Å²) in [6, 6.07) is -0.796. The number of fused-ring (bicyclic) bond motifs is 1. The van der Waals surface area contributed by atoms with Gasteiger partial charge in [0, 0.05) is 13.0 Å². The zero-order valence-corrected chi connectivity index (χ0v) is 12.0. The monoisotopic (exact) mass is 293 g/mol. The van der Waals surface area contributed by atoms with Crippen molar-refractivity contribution in [2.45, 2.75) is 57.5 Å². The van der Waals surface area contributed by atoms with Gasteiger partial charge in [0.05, 0.1) is 0 Å². The summed E-state index contributed by atoms with van der Waals surface area (Å²) in [7, 11) is 0. The normalized spacial score (nSPS) is 29.0. The van der Waals surface area contributed by atoms with Crippen LogP contribution < -0.4 is 0 Å². The molecule has 7 heteroatoms. The van der Waals surface area contributed by atoms with E-state index in [4.69, 9.17) is 4.52 Å². The lowest BCUT2D eigenvalue weighted by molar-refractivity contribution is -0.146. The molecular formula is C14H19N3O4. The van der Waals surface area contributed by atoms with E-state index in [1.54, 1.807) is 6.92 Å². The molecule has 1 aromatic heterocycles. The van der Waals surface area contributed by atoms with Crippen LogP contribution in [0, 0.1) is 12.8 Å². The SMILES string of the molecule is Cc1nc(C(=O)N2C(C(=O)O)CCC3CCCCC32)no1. The number of aryl methyl sites for hydroxylation is 1. The largest absolute Gasteiger partial charge is 0.480 e. The van der Waals surface area contributed by atoms with E-state index in [-0.39, 0.29) is 11.9 Å². The van der Waals surface area contributed by atoms with Crippen molar-refractivity contribution in [3.8, 4) is 0 Å². The van der Waals surface area contributed by atoms with Gasteiger partial charge in [0.15, 0.2) is 0 Å². The minimum atomic E-state index is -0.951. The van der Waals surface area contributed by atoms with Crippen molar-refractivity contribution in [1.82, 2.24) is 15.0 Å². The van der Waals surface area contributed by atoms with Crippen LogP contribution in [0.2, 0.25) is 0 Å². The van der Waals surface area contributed by atoms with Crippen LogP contribution in [0.15, 0.2) is 4.52 Å². The molecule has 7 nitrogen and oxygen atoms in total. The zero-order chi connectivity index (χ0) is 15.0. The lowest BCUT2D eigenvalue weighted by Crippen LogP contribution is -2.57. The van der Waals surface area contributed by atoms with Crippen molar-refractivity contribution in [2.24, 2.45) is 5.92 Å². The van der Waals surface area contributed by atoms with Gasteiger partial charge in [-0.25, -0.2) is 4.79 Å². The van der Waals surface area contributed by atoms with Crippen LogP contribution >= 0.6 is 0 Å². The third-order valence-electron chi connectivity index (χ3n) is 4.61. The Bertz CT molecular complexity index is 556. The summed E-state index contributed by atoms with van der Waals surface area (Å²) in [6.45, 7) is 1.61. The van der Waals surface area contributed by atoms with E-state index in [2.05, 4.69) is 10.1 Å². The Labute approximate surface area is 122 Å². The van der Waals surface area contributed by atoms with Crippen molar-refractivity contribution in [2.75, 3.05) is 0 Å². The number of piperidine rings is 1. The van der Waals surface area contributed by atoms with Crippen molar-refractivity contribution < 1.29 is 19.2 Å². The first kappa shape index (κ1) is 14.0. The van der Waals surface area contributed by atoms with Crippen molar-refractivity contribution in [3.05, 3.63) is 11.7 Å². The van der Waals surface area contributed by atoms with Gasteiger partial charge in [0.1, 0.15) is 6.04 Å². The van der Waals surface area contributed by atoms with Crippen LogP contribution in [-0.4, -0.2) is 44.1 Å². The van der Waals surface area contributed by atoms with Gasteiger partial charge in [-0.05, 0) is 31.6 Å². The third kappa shape index (κ3) is 2.52. The number of carboxylic acids is 1. The van der Waals surface area contributed by atoms with E-state index < -0.39 is 17.9 Å². The lowest BCUT2D eigenvalue weighted by Gasteiger charge is -2.46. The van der Waals surface area contributed by atoms with E-state index in [1.807, 2.05) is 0 Å². The Kier molecular flexibility index (Phi) is 3.65. The number of hydrogen-bond acceptors (Lipinski definition) is 5. The summed E-state index contributed by atoms with van der Waals surface area (Å²) in [6.07, 6.45) is 5.48. The number of aromatic nitrogens is 2. The van der Waals surface area contributed by atoms with Crippen LogP contribution in [0.5, 0.6) is 0 Å². The van der Waals surface area contributed by atoms with Crippen LogP contribution in [0.4, 0.5) is 0 Å². The van der Waals surface area contributed by atoms with Crippen LogP contribution in [0.3, 0.4) is 0 Å². The van der Waals surface area contributed by atoms with Gasteiger partial charge in [-0.3, -0.25) is 4.79 Å². The molecule has 2 aliphatic rings. The molecular weight excluding hydrogens is 274 g/mol. The number of likely N-dealkylation sites (tertiary alicyclic amines) is 1.